The SMILES string of the molecule is Cc1c(Cl)cccc1NC(=O)CSc1nc2ccc(NC(=O)C=Cc3ccccc3)cc2s1. The van der Waals surface area contributed by atoms with E-state index in [0.29, 0.717) is 16.4 Å². The van der Waals surface area contributed by atoms with Crippen molar-refractivity contribution in [3.63, 3.8) is 0 Å². The van der Waals surface area contributed by atoms with Crippen molar-refractivity contribution in [2.75, 3.05) is 16.4 Å². The zero-order valence-corrected chi connectivity index (χ0v) is 20.1. The van der Waals surface area contributed by atoms with Crippen molar-refractivity contribution in [2.45, 2.75) is 11.3 Å². The van der Waals surface area contributed by atoms with E-state index in [0.717, 1.165) is 25.7 Å². The summed E-state index contributed by atoms with van der Waals surface area (Å²) in [5, 5.41) is 6.38. The molecule has 1 heterocycles. The molecule has 5 nitrogen and oxygen atoms in total. The third kappa shape index (κ3) is 6.22. The molecule has 0 aliphatic rings. The molecule has 0 unspecified atom stereocenters. The molecule has 1 aromatic heterocycles. The van der Waals surface area contributed by atoms with Gasteiger partial charge in [0.2, 0.25) is 11.8 Å². The molecule has 0 spiro atoms. The number of halogens is 1. The van der Waals surface area contributed by atoms with Gasteiger partial charge in [0, 0.05) is 22.5 Å². The van der Waals surface area contributed by atoms with Crippen LogP contribution in [-0.2, 0) is 9.59 Å². The molecular weight excluding hydrogens is 474 g/mol. The number of aromatic nitrogens is 1. The lowest BCUT2D eigenvalue weighted by molar-refractivity contribution is -0.114. The van der Waals surface area contributed by atoms with E-state index in [1.807, 2.05) is 61.5 Å². The fraction of sp³-hybridized carbons (Fsp3) is 0.0800. The minimum absolute atomic E-state index is 0.122. The summed E-state index contributed by atoms with van der Waals surface area (Å²) in [6, 6.07) is 20.6. The van der Waals surface area contributed by atoms with E-state index in [4.69, 9.17) is 11.6 Å². The molecule has 4 aromatic rings. The zero-order chi connectivity index (χ0) is 23.2. The molecule has 0 fully saturated rings. The summed E-state index contributed by atoms with van der Waals surface area (Å²) in [6.07, 6.45) is 3.28. The molecule has 0 atom stereocenters. The number of thioether (sulfide) groups is 1. The topological polar surface area (TPSA) is 71.1 Å². The van der Waals surface area contributed by atoms with Crippen LogP contribution in [0.4, 0.5) is 11.4 Å². The highest BCUT2D eigenvalue weighted by Gasteiger charge is 2.11. The Morgan fingerprint density at radius 2 is 1.88 bits per heavy atom. The number of amides is 2. The Labute approximate surface area is 204 Å². The number of nitrogens with zero attached hydrogens (tertiary/aromatic N) is 1. The van der Waals surface area contributed by atoms with Gasteiger partial charge in [-0.15, -0.1) is 11.3 Å². The third-order valence-electron chi connectivity index (χ3n) is 4.73. The van der Waals surface area contributed by atoms with Crippen molar-refractivity contribution < 1.29 is 9.59 Å². The standard InChI is InChI=1S/C25H20ClN3O2S2/c1-16-19(26)8-5-9-20(16)28-24(31)15-32-25-29-21-12-11-18(14-22(21)33-25)27-23(30)13-10-17-6-3-2-4-7-17/h2-14H,15H2,1H3,(H,27,30)(H,28,31). The van der Waals surface area contributed by atoms with Gasteiger partial charge in [-0.3, -0.25) is 9.59 Å². The molecule has 2 amide bonds. The highest BCUT2D eigenvalue weighted by molar-refractivity contribution is 8.01. The Bertz CT molecular complexity index is 1340. The number of fused-ring (bicyclic) bond motifs is 1. The summed E-state index contributed by atoms with van der Waals surface area (Å²) in [4.78, 5) is 29.2. The van der Waals surface area contributed by atoms with Gasteiger partial charge >= 0.3 is 0 Å². The van der Waals surface area contributed by atoms with Crippen LogP contribution in [0.1, 0.15) is 11.1 Å². The first-order valence-electron chi connectivity index (χ1n) is 10.1. The maximum absolute atomic E-state index is 12.4. The smallest absolute Gasteiger partial charge is 0.248 e. The molecule has 0 aliphatic heterocycles. The Kier molecular flexibility index (Phi) is 7.44. The van der Waals surface area contributed by atoms with Crippen molar-refractivity contribution >= 4 is 74.2 Å². The predicted octanol–water partition coefficient (Wildman–Crippen LogP) is 6.64. The molecule has 0 saturated carbocycles. The number of carbonyl (C=O) groups excluding carboxylic acids is 2. The lowest BCUT2D eigenvalue weighted by Crippen LogP contribution is -2.14. The van der Waals surface area contributed by atoms with Gasteiger partial charge in [0.1, 0.15) is 0 Å². The number of hydrogen-bond donors (Lipinski definition) is 2. The quantitative estimate of drug-likeness (QED) is 0.223. The summed E-state index contributed by atoms with van der Waals surface area (Å²) in [5.74, 6) is -0.0901. The van der Waals surface area contributed by atoms with Gasteiger partial charge in [0.05, 0.1) is 16.0 Å². The van der Waals surface area contributed by atoms with Gasteiger partial charge < -0.3 is 10.6 Å². The highest BCUT2D eigenvalue weighted by Crippen LogP contribution is 2.31. The normalized spacial score (nSPS) is 11.1. The first-order valence-corrected chi connectivity index (χ1v) is 12.3. The van der Waals surface area contributed by atoms with Crippen LogP contribution in [0.15, 0.2) is 77.1 Å². The van der Waals surface area contributed by atoms with Crippen LogP contribution < -0.4 is 10.6 Å². The van der Waals surface area contributed by atoms with Crippen LogP contribution in [0, 0.1) is 6.92 Å². The molecule has 0 radical (unpaired) electrons. The molecule has 166 valence electrons. The summed E-state index contributed by atoms with van der Waals surface area (Å²) >= 11 is 8.97. The van der Waals surface area contributed by atoms with Crippen LogP contribution in [0.2, 0.25) is 5.02 Å². The van der Waals surface area contributed by atoms with E-state index in [2.05, 4.69) is 15.6 Å². The lowest BCUT2D eigenvalue weighted by atomic mass is 10.2. The van der Waals surface area contributed by atoms with E-state index in [1.165, 1.54) is 29.2 Å². The number of anilines is 2. The summed E-state index contributed by atoms with van der Waals surface area (Å²) in [7, 11) is 0. The maximum Gasteiger partial charge on any atom is 0.248 e. The fourth-order valence-corrected chi connectivity index (χ4v) is 5.10. The first kappa shape index (κ1) is 23.0. The Morgan fingerprint density at radius 3 is 2.70 bits per heavy atom. The van der Waals surface area contributed by atoms with Gasteiger partial charge in [0.25, 0.3) is 0 Å². The van der Waals surface area contributed by atoms with E-state index < -0.39 is 0 Å². The van der Waals surface area contributed by atoms with Crippen LogP contribution in [-0.4, -0.2) is 22.6 Å². The molecule has 0 bridgehead atoms. The molecule has 0 saturated heterocycles. The third-order valence-corrected chi connectivity index (χ3v) is 7.30. The lowest BCUT2D eigenvalue weighted by Gasteiger charge is -2.08. The van der Waals surface area contributed by atoms with Crippen LogP contribution in [0.3, 0.4) is 0 Å². The number of thiazole rings is 1. The minimum Gasteiger partial charge on any atom is -0.325 e. The monoisotopic (exact) mass is 493 g/mol. The molecule has 4 rings (SSSR count). The summed E-state index contributed by atoms with van der Waals surface area (Å²) in [5.41, 5.74) is 4.03. The van der Waals surface area contributed by atoms with Crippen molar-refractivity contribution in [1.29, 1.82) is 0 Å². The Hall–Kier alpha value is -3.13. The average molecular weight is 494 g/mol. The Morgan fingerprint density at radius 1 is 1.06 bits per heavy atom. The van der Waals surface area contributed by atoms with Crippen molar-refractivity contribution in [1.82, 2.24) is 4.98 Å². The highest BCUT2D eigenvalue weighted by atomic mass is 35.5. The van der Waals surface area contributed by atoms with Gasteiger partial charge in [-0.05, 0) is 54.5 Å². The van der Waals surface area contributed by atoms with Crippen molar-refractivity contribution in [2.24, 2.45) is 0 Å². The molecular formula is C25H20ClN3O2S2. The summed E-state index contributed by atoms with van der Waals surface area (Å²) < 4.78 is 1.73. The van der Waals surface area contributed by atoms with E-state index in [-0.39, 0.29) is 17.6 Å². The number of benzene rings is 3. The maximum atomic E-state index is 12.4. The number of nitrogens with one attached hydrogen (secondary N) is 2. The largest absolute Gasteiger partial charge is 0.325 e. The average Bonchev–Trinajstić information content (AvgIpc) is 3.22. The predicted molar refractivity (Wildman–Crippen MR) is 139 cm³/mol. The van der Waals surface area contributed by atoms with Gasteiger partial charge in [-0.2, -0.15) is 0 Å². The first-order chi connectivity index (χ1) is 16.0. The van der Waals surface area contributed by atoms with Gasteiger partial charge in [-0.1, -0.05) is 59.8 Å². The van der Waals surface area contributed by atoms with Gasteiger partial charge in [-0.25, -0.2) is 4.98 Å². The number of rotatable bonds is 7. The van der Waals surface area contributed by atoms with E-state index >= 15 is 0 Å². The molecule has 0 aliphatic carbocycles. The number of hydrogen-bond acceptors (Lipinski definition) is 5. The fourth-order valence-electron chi connectivity index (χ4n) is 3.02. The van der Waals surface area contributed by atoms with Gasteiger partial charge in [0.15, 0.2) is 4.34 Å². The molecule has 3 aromatic carbocycles. The second kappa shape index (κ2) is 10.7. The van der Waals surface area contributed by atoms with Crippen LogP contribution in [0.25, 0.3) is 16.3 Å². The number of carbonyl (C=O) groups is 2. The summed E-state index contributed by atoms with van der Waals surface area (Å²) in [6.45, 7) is 1.87. The van der Waals surface area contributed by atoms with E-state index in [1.54, 1.807) is 18.2 Å². The Balaban J connectivity index is 1.35. The molecule has 8 heteroatoms. The van der Waals surface area contributed by atoms with Crippen LogP contribution >= 0.6 is 34.7 Å². The second-order valence-corrected chi connectivity index (χ2v) is 9.81. The minimum atomic E-state index is -0.203. The van der Waals surface area contributed by atoms with Crippen LogP contribution in [0.5, 0.6) is 0 Å². The zero-order valence-electron chi connectivity index (χ0n) is 17.7. The van der Waals surface area contributed by atoms with Crippen molar-refractivity contribution in [3.8, 4) is 0 Å². The molecule has 2 N–H and O–H groups in total. The van der Waals surface area contributed by atoms with Crippen molar-refractivity contribution in [3.05, 3.63) is 89.0 Å². The van der Waals surface area contributed by atoms with E-state index in [9.17, 15) is 9.59 Å². The second-order valence-electron chi connectivity index (χ2n) is 7.14. The molecule has 33 heavy (non-hydrogen) atoms.